The second kappa shape index (κ2) is 4.07. The van der Waals surface area contributed by atoms with E-state index in [9.17, 15) is 14.9 Å². The van der Waals surface area contributed by atoms with Crippen LogP contribution < -0.4 is 5.56 Å². The van der Waals surface area contributed by atoms with Crippen LogP contribution in [0.4, 0.5) is 5.69 Å². The third-order valence-electron chi connectivity index (χ3n) is 1.49. The molecule has 6 heteroatoms. The molecule has 0 aliphatic heterocycles. The number of nitro groups is 1. The molecule has 72 valence electrons. The fourth-order valence-corrected chi connectivity index (χ4v) is 1.39. The van der Waals surface area contributed by atoms with Crippen LogP contribution in [0.5, 0.6) is 0 Å². The van der Waals surface area contributed by atoms with E-state index in [0.717, 1.165) is 10.6 Å². The summed E-state index contributed by atoms with van der Waals surface area (Å²) < 4.78 is 1.54. The van der Waals surface area contributed by atoms with E-state index in [-0.39, 0.29) is 6.54 Å². The lowest BCUT2D eigenvalue weighted by atomic mass is 10.4. The van der Waals surface area contributed by atoms with Gasteiger partial charge in [0.2, 0.25) is 0 Å². The van der Waals surface area contributed by atoms with Gasteiger partial charge >= 0.3 is 11.2 Å². The van der Waals surface area contributed by atoms with Crippen molar-refractivity contribution in [3.05, 3.63) is 37.2 Å². The molecule has 0 saturated heterocycles. The second-order valence-electron chi connectivity index (χ2n) is 2.44. The lowest BCUT2D eigenvalue weighted by Gasteiger charge is -2.00. The van der Waals surface area contributed by atoms with Crippen molar-refractivity contribution in [1.82, 2.24) is 4.57 Å². The van der Waals surface area contributed by atoms with Crippen LogP contribution in [0, 0.1) is 22.5 Å². The van der Waals surface area contributed by atoms with Gasteiger partial charge < -0.3 is 0 Å². The number of halogens is 1. The molecule has 0 unspecified atom stereocenters. The van der Waals surface area contributed by atoms with Crippen LogP contribution in [0.2, 0.25) is 0 Å². The average molecular weight is 257 g/mol. The zero-order valence-electron chi connectivity index (χ0n) is 6.94. The predicted molar refractivity (Wildman–Crippen MR) is 53.9 cm³/mol. The smallest absolute Gasteiger partial charge is 0.297 e. The first-order valence-corrected chi connectivity index (χ1v) is 4.33. The Kier molecular flexibility index (Phi) is 3.04. The highest BCUT2D eigenvalue weighted by Gasteiger charge is 2.14. The van der Waals surface area contributed by atoms with E-state index in [0.29, 0.717) is 4.47 Å². The Hall–Kier alpha value is -1.61. The molecule has 0 aromatic carbocycles. The first kappa shape index (κ1) is 10.5. The monoisotopic (exact) mass is 256 g/mol. The number of pyridine rings is 1. The molecule has 1 heterocycles. The van der Waals surface area contributed by atoms with Crippen molar-refractivity contribution in [3.8, 4) is 12.3 Å². The third-order valence-corrected chi connectivity index (χ3v) is 1.93. The fraction of sp³-hybridized carbons (Fsp3) is 0.125. The zero-order valence-corrected chi connectivity index (χ0v) is 8.52. The Balaban J connectivity index is 3.42. The molecule has 0 spiro atoms. The molecular formula is C8H5BrN2O3. The number of rotatable bonds is 2. The number of terminal acetylenes is 1. The van der Waals surface area contributed by atoms with Crippen LogP contribution in [0.25, 0.3) is 0 Å². The molecule has 0 bridgehead atoms. The van der Waals surface area contributed by atoms with Crippen molar-refractivity contribution in [2.45, 2.75) is 6.54 Å². The maximum Gasteiger partial charge on any atom is 0.335 e. The molecule has 0 amide bonds. The van der Waals surface area contributed by atoms with E-state index in [4.69, 9.17) is 6.42 Å². The summed E-state index contributed by atoms with van der Waals surface area (Å²) >= 11 is 3.05. The fourth-order valence-electron chi connectivity index (χ4n) is 0.931. The molecule has 0 atom stereocenters. The summed E-state index contributed by atoms with van der Waals surface area (Å²) in [4.78, 5) is 21.1. The number of aromatic nitrogens is 1. The van der Waals surface area contributed by atoms with Crippen molar-refractivity contribution in [2.75, 3.05) is 0 Å². The van der Waals surface area contributed by atoms with Gasteiger partial charge in [-0.25, -0.2) is 0 Å². The van der Waals surface area contributed by atoms with E-state index < -0.39 is 16.2 Å². The second-order valence-corrected chi connectivity index (χ2v) is 3.35. The number of nitrogens with zero attached hydrogens (tertiary/aromatic N) is 2. The highest BCUT2D eigenvalue weighted by molar-refractivity contribution is 9.10. The van der Waals surface area contributed by atoms with Gasteiger partial charge in [-0.2, -0.15) is 0 Å². The van der Waals surface area contributed by atoms with Gasteiger partial charge in [0.1, 0.15) is 0 Å². The van der Waals surface area contributed by atoms with Gasteiger partial charge in [-0.1, -0.05) is 5.92 Å². The maximum absolute atomic E-state index is 11.4. The van der Waals surface area contributed by atoms with Crippen molar-refractivity contribution in [1.29, 1.82) is 0 Å². The van der Waals surface area contributed by atoms with Crippen LogP contribution in [0.3, 0.4) is 0 Å². The van der Waals surface area contributed by atoms with E-state index in [1.807, 2.05) is 0 Å². The Bertz CT molecular complexity index is 472. The maximum atomic E-state index is 11.4. The average Bonchev–Trinajstić information content (AvgIpc) is 2.10. The van der Waals surface area contributed by atoms with Gasteiger partial charge in [-0.3, -0.25) is 19.5 Å². The minimum absolute atomic E-state index is 0.0130. The minimum atomic E-state index is -0.736. The molecule has 0 N–H and O–H groups in total. The predicted octanol–water partition coefficient (Wildman–Crippen LogP) is 1.15. The quantitative estimate of drug-likeness (QED) is 0.453. The summed E-state index contributed by atoms with van der Waals surface area (Å²) in [5.41, 5.74) is -1.19. The third kappa shape index (κ3) is 2.00. The van der Waals surface area contributed by atoms with E-state index in [2.05, 4.69) is 21.9 Å². The van der Waals surface area contributed by atoms with Crippen molar-refractivity contribution in [3.63, 3.8) is 0 Å². The van der Waals surface area contributed by atoms with E-state index >= 15 is 0 Å². The summed E-state index contributed by atoms with van der Waals surface area (Å²) in [5, 5.41) is 10.5. The SMILES string of the molecule is C#CCn1cc(Br)cc([N+](=O)[O-])c1=O. The molecule has 0 radical (unpaired) electrons. The number of hydrogen-bond donors (Lipinski definition) is 0. The van der Waals surface area contributed by atoms with Gasteiger partial charge in [0.25, 0.3) is 0 Å². The van der Waals surface area contributed by atoms with Crippen molar-refractivity contribution in [2.24, 2.45) is 0 Å². The Labute approximate surface area is 87.6 Å². The molecule has 1 aromatic heterocycles. The van der Waals surface area contributed by atoms with Gasteiger partial charge in [-0.15, -0.1) is 6.42 Å². The van der Waals surface area contributed by atoms with Gasteiger partial charge in [0.05, 0.1) is 11.5 Å². The highest BCUT2D eigenvalue weighted by atomic mass is 79.9. The highest BCUT2D eigenvalue weighted by Crippen LogP contribution is 2.13. The molecule has 5 nitrogen and oxygen atoms in total. The topological polar surface area (TPSA) is 65.1 Å². The van der Waals surface area contributed by atoms with Gasteiger partial charge in [-0.05, 0) is 15.9 Å². The number of hydrogen-bond acceptors (Lipinski definition) is 3. The van der Waals surface area contributed by atoms with Crippen LogP contribution in [-0.2, 0) is 6.54 Å². The largest absolute Gasteiger partial charge is 0.335 e. The summed E-state index contributed by atoms with van der Waals surface area (Å²) in [5.74, 6) is 2.24. The lowest BCUT2D eigenvalue weighted by Crippen LogP contribution is -2.21. The lowest BCUT2D eigenvalue weighted by molar-refractivity contribution is -0.386. The van der Waals surface area contributed by atoms with Gasteiger partial charge in [0, 0.05) is 16.7 Å². The molecule has 1 aromatic rings. The first-order valence-electron chi connectivity index (χ1n) is 3.54. The summed E-state index contributed by atoms with van der Waals surface area (Å²) in [7, 11) is 0. The molecule has 0 aliphatic rings. The minimum Gasteiger partial charge on any atom is -0.297 e. The zero-order chi connectivity index (χ0) is 10.7. The first-order chi connectivity index (χ1) is 6.56. The van der Waals surface area contributed by atoms with Crippen molar-refractivity contribution >= 4 is 21.6 Å². The van der Waals surface area contributed by atoms with Crippen LogP contribution >= 0.6 is 15.9 Å². The molecule has 0 aliphatic carbocycles. The molecule has 0 fully saturated rings. The summed E-state index contributed by atoms with van der Waals surface area (Å²) in [6.07, 6.45) is 6.42. The van der Waals surface area contributed by atoms with Crippen LogP contribution in [0.15, 0.2) is 21.5 Å². The Morgan fingerprint density at radius 3 is 2.86 bits per heavy atom. The van der Waals surface area contributed by atoms with E-state index in [1.54, 1.807) is 0 Å². The standard InChI is InChI=1S/C8H5BrN2O3/c1-2-3-10-5-6(9)4-7(8(10)12)11(13)14/h1,4-5H,3H2. The molecular weight excluding hydrogens is 252 g/mol. The Morgan fingerprint density at radius 2 is 2.36 bits per heavy atom. The Morgan fingerprint density at radius 1 is 1.71 bits per heavy atom. The molecule has 0 saturated carbocycles. The van der Waals surface area contributed by atoms with Gasteiger partial charge in [0.15, 0.2) is 0 Å². The van der Waals surface area contributed by atoms with Crippen LogP contribution in [-0.4, -0.2) is 9.49 Å². The van der Waals surface area contributed by atoms with Crippen molar-refractivity contribution < 1.29 is 4.92 Å². The summed E-state index contributed by atoms with van der Waals surface area (Å²) in [6, 6.07) is 1.15. The molecule has 1 rings (SSSR count). The normalized spacial score (nSPS) is 9.43. The molecule has 14 heavy (non-hydrogen) atoms. The van der Waals surface area contributed by atoms with Crippen LogP contribution in [0.1, 0.15) is 0 Å². The summed E-state index contributed by atoms with van der Waals surface area (Å²) in [6.45, 7) is 0.0130. The van der Waals surface area contributed by atoms with E-state index in [1.165, 1.54) is 6.20 Å².